The average molecular weight is 235 g/mol. The third-order valence-corrected chi connectivity index (χ3v) is 2.27. The van der Waals surface area contributed by atoms with Gasteiger partial charge in [-0.3, -0.25) is 0 Å². The molecule has 0 aliphatic heterocycles. The van der Waals surface area contributed by atoms with Crippen LogP contribution < -0.4 is 10.5 Å². The van der Waals surface area contributed by atoms with Gasteiger partial charge in [-0.15, -0.1) is 0 Å². The highest BCUT2D eigenvalue weighted by Gasteiger charge is 2.03. The lowest BCUT2D eigenvalue weighted by atomic mass is 10.2. The van der Waals surface area contributed by atoms with Gasteiger partial charge in [0, 0.05) is 17.3 Å². The van der Waals surface area contributed by atoms with E-state index in [0.717, 1.165) is 0 Å². The van der Waals surface area contributed by atoms with E-state index in [4.69, 9.17) is 10.5 Å². The smallest absolute Gasteiger partial charge is 0.131 e. The molecular formula is C13H11F2NO. The predicted octanol–water partition coefficient (Wildman–Crippen LogP) is 3.13. The van der Waals surface area contributed by atoms with Crippen LogP contribution in [0.2, 0.25) is 0 Å². The Hall–Kier alpha value is -2.10. The third kappa shape index (κ3) is 2.93. The Bertz CT molecular complexity index is 529. The van der Waals surface area contributed by atoms with Crippen LogP contribution >= 0.6 is 0 Å². The van der Waals surface area contributed by atoms with Gasteiger partial charge >= 0.3 is 0 Å². The quantitative estimate of drug-likeness (QED) is 0.829. The van der Waals surface area contributed by atoms with Gasteiger partial charge in [-0.25, -0.2) is 8.78 Å². The molecule has 0 atom stereocenters. The number of halogens is 2. The molecule has 0 saturated heterocycles. The van der Waals surface area contributed by atoms with Crippen molar-refractivity contribution in [2.24, 2.45) is 0 Å². The van der Waals surface area contributed by atoms with Crippen LogP contribution in [0.4, 0.5) is 14.5 Å². The Kier molecular flexibility index (Phi) is 3.23. The standard InChI is InChI=1S/C13H11F2NO/c14-10-2-1-3-12(6-10)17-8-9-4-5-11(16)7-13(9)15/h1-7H,8,16H2. The number of benzene rings is 2. The van der Waals surface area contributed by atoms with Gasteiger partial charge in [-0.2, -0.15) is 0 Å². The first-order chi connectivity index (χ1) is 8.15. The molecule has 2 N–H and O–H groups in total. The first-order valence-electron chi connectivity index (χ1n) is 5.07. The fourth-order valence-corrected chi connectivity index (χ4v) is 1.40. The van der Waals surface area contributed by atoms with Crippen LogP contribution in [-0.4, -0.2) is 0 Å². The minimum Gasteiger partial charge on any atom is -0.489 e. The van der Waals surface area contributed by atoms with E-state index in [1.807, 2.05) is 0 Å². The highest BCUT2D eigenvalue weighted by Crippen LogP contribution is 2.17. The molecule has 4 heteroatoms. The highest BCUT2D eigenvalue weighted by atomic mass is 19.1. The van der Waals surface area contributed by atoms with Crippen molar-refractivity contribution in [1.29, 1.82) is 0 Å². The Morgan fingerprint density at radius 2 is 1.88 bits per heavy atom. The maximum atomic E-state index is 13.4. The third-order valence-electron chi connectivity index (χ3n) is 2.27. The summed E-state index contributed by atoms with van der Waals surface area (Å²) in [6.45, 7) is 0.0373. The first-order valence-corrected chi connectivity index (χ1v) is 5.07. The fourth-order valence-electron chi connectivity index (χ4n) is 1.40. The molecule has 88 valence electrons. The second-order valence-electron chi connectivity index (χ2n) is 3.60. The van der Waals surface area contributed by atoms with Crippen molar-refractivity contribution in [2.45, 2.75) is 6.61 Å². The van der Waals surface area contributed by atoms with Crippen LogP contribution in [0.25, 0.3) is 0 Å². The lowest BCUT2D eigenvalue weighted by molar-refractivity contribution is 0.298. The molecule has 2 aromatic rings. The zero-order valence-electron chi connectivity index (χ0n) is 8.99. The summed E-state index contributed by atoms with van der Waals surface area (Å²) in [5, 5.41) is 0. The lowest BCUT2D eigenvalue weighted by Gasteiger charge is -2.07. The van der Waals surface area contributed by atoms with Crippen molar-refractivity contribution in [3.05, 3.63) is 59.7 Å². The minimum atomic E-state index is -0.429. The van der Waals surface area contributed by atoms with E-state index >= 15 is 0 Å². The van der Waals surface area contributed by atoms with Crippen molar-refractivity contribution < 1.29 is 13.5 Å². The minimum absolute atomic E-state index is 0.0373. The summed E-state index contributed by atoms with van der Waals surface area (Å²) in [5.74, 6) is -0.456. The van der Waals surface area contributed by atoms with E-state index in [1.165, 1.54) is 24.3 Å². The molecule has 0 heterocycles. The van der Waals surface area contributed by atoms with Crippen LogP contribution in [0.15, 0.2) is 42.5 Å². The Morgan fingerprint density at radius 1 is 1.06 bits per heavy atom. The number of hydrogen-bond donors (Lipinski definition) is 1. The van der Waals surface area contributed by atoms with Gasteiger partial charge in [0.25, 0.3) is 0 Å². The van der Waals surface area contributed by atoms with Gasteiger partial charge in [0.05, 0.1) is 0 Å². The molecule has 2 aromatic carbocycles. The Morgan fingerprint density at radius 3 is 2.59 bits per heavy atom. The first kappa shape index (κ1) is 11.4. The normalized spacial score (nSPS) is 10.2. The highest BCUT2D eigenvalue weighted by molar-refractivity contribution is 5.40. The molecule has 0 aromatic heterocycles. The van der Waals surface area contributed by atoms with Gasteiger partial charge in [-0.1, -0.05) is 12.1 Å². The van der Waals surface area contributed by atoms with E-state index in [-0.39, 0.29) is 12.4 Å². The molecule has 2 rings (SSSR count). The van der Waals surface area contributed by atoms with Crippen LogP contribution in [0.1, 0.15) is 5.56 Å². The van der Waals surface area contributed by atoms with Gasteiger partial charge in [0.1, 0.15) is 24.0 Å². The summed E-state index contributed by atoms with van der Waals surface area (Å²) >= 11 is 0. The van der Waals surface area contributed by atoms with E-state index in [2.05, 4.69) is 0 Å². The van der Waals surface area contributed by atoms with E-state index < -0.39 is 5.82 Å². The summed E-state index contributed by atoms with van der Waals surface area (Å²) in [6, 6.07) is 10.1. The number of hydrogen-bond acceptors (Lipinski definition) is 2. The number of ether oxygens (including phenoxy) is 1. The molecule has 0 bridgehead atoms. The number of nitrogen functional groups attached to an aromatic ring is 1. The molecule has 17 heavy (non-hydrogen) atoms. The van der Waals surface area contributed by atoms with Gasteiger partial charge in [0.2, 0.25) is 0 Å². The van der Waals surface area contributed by atoms with E-state index in [1.54, 1.807) is 18.2 Å². The number of anilines is 1. The predicted molar refractivity (Wildman–Crippen MR) is 61.5 cm³/mol. The zero-order chi connectivity index (χ0) is 12.3. The summed E-state index contributed by atoms with van der Waals surface area (Å²) in [4.78, 5) is 0. The Balaban J connectivity index is 2.07. The SMILES string of the molecule is Nc1ccc(COc2cccc(F)c2)c(F)c1. The molecule has 0 radical (unpaired) electrons. The average Bonchev–Trinajstić information content (AvgIpc) is 2.28. The fraction of sp³-hybridized carbons (Fsp3) is 0.0769. The van der Waals surface area contributed by atoms with Crippen molar-refractivity contribution in [1.82, 2.24) is 0 Å². The molecule has 0 amide bonds. The summed E-state index contributed by atoms with van der Waals surface area (Å²) in [6.07, 6.45) is 0. The van der Waals surface area contributed by atoms with Gasteiger partial charge in [-0.05, 0) is 24.3 Å². The largest absolute Gasteiger partial charge is 0.489 e. The molecule has 0 aliphatic carbocycles. The number of nitrogens with two attached hydrogens (primary N) is 1. The van der Waals surface area contributed by atoms with E-state index in [9.17, 15) is 8.78 Å². The molecule has 0 saturated carbocycles. The zero-order valence-corrected chi connectivity index (χ0v) is 8.99. The van der Waals surface area contributed by atoms with Crippen LogP contribution in [0.3, 0.4) is 0 Å². The Labute approximate surface area is 97.6 Å². The summed E-state index contributed by atoms with van der Waals surface area (Å²) in [7, 11) is 0. The summed E-state index contributed by atoms with van der Waals surface area (Å²) < 4.78 is 31.5. The lowest BCUT2D eigenvalue weighted by Crippen LogP contribution is -1.99. The molecule has 0 spiro atoms. The van der Waals surface area contributed by atoms with Gasteiger partial charge in [0.15, 0.2) is 0 Å². The monoisotopic (exact) mass is 235 g/mol. The van der Waals surface area contributed by atoms with Crippen molar-refractivity contribution in [3.63, 3.8) is 0 Å². The number of rotatable bonds is 3. The van der Waals surface area contributed by atoms with Crippen molar-refractivity contribution >= 4 is 5.69 Å². The van der Waals surface area contributed by atoms with E-state index in [0.29, 0.717) is 17.0 Å². The van der Waals surface area contributed by atoms with Gasteiger partial charge < -0.3 is 10.5 Å². The summed E-state index contributed by atoms with van der Waals surface area (Å²) in [5.41, 5.74) is 6.16. The van der Waals surface area contributed by atoms with Crippen LogP contribution in [-0.2, 0) is 6.61 Å². The second kappa shape index (κ2) is 4.82. The molecule has 0 fully saturated rings. The molecule has 0 aliphatic rings. The van der Waals surface area contributed by atoms with Crippen molar-refractivity contribution in [2.75, 3.05) is 5.73 Å². The maximum Gasteiger partial charge on any atom is 0.131 e. The molecule has 0 unspecified atom stereocenters. The molecular weight excluding hydrogens is 224 g/mol. The van der Waals surface area contributed by atoms with Crippen molar-refractivity contribution in [3.8, 4) is 5.75 Å². The maximum absolute atomic E-state index is 13.4. The van der Waals surface area contributed by atoms with Crippen LogP contribution in [0.5, 0.6) is 5.75 Å². The van der Waals surface area contributed by atoms with Crippen LogP contribution in [0, 0.1) is 11.6 Å². The molecule has 2 nitrogen and oxygen atoms in total. The second-order valence-corrected chi connectivity index (χ2v) is 3.60. The topological polar surface area (TPSA) is 35.2 Å².